The predicted molar refractivity (Wildman–Crippen MR) is 79.7 cm³/mol. The summed E-state index contributed by atoms with van der Waals surface area (Å²) in [6.07, 6.45) is 6.32. The fraction of sp³-hybridized carbons (Fsp3) is 0.615. The van der Waals surface area contributed by atoms with Gasteiger partial charge in [0.15, 0.2) is 5.03 Å². The Balaban J connectivity index is 1.74. The molecule has 1 saturated heterocycles. The number of rotatable bonds is 4. The molecule has 0 saturated carbocycles. The van der Waals surface area contributed by atoms with Gasteiger partial charge in [-0.3, -0.25) is 0 Å². The lowest BCUT2D eigenvalue weighted by Gasteiger charge is -2.29. The lowest BCUT2D eigenvalue weighted by atomic mass is 10.1. The first-order valence-electron chi connectivity index (χ1n) is 7.42. The van der Waals surface area contributed by atoms with Crippen LogP contribution >= 0.6 is 0 Å². The molecule has 2 aromatic rings. The zero-order chi connectivity index (χ0) is 15.7. The summed E-state index contributed by atoms with van der Waals surface area (Å²) in [6, 6.07) is 0.163. The summed E-state index contributed by atoms with van der Waals surface area (Å²) >= 11 is 0. The highest BCUT2D eigenvalue weighted by molar-refractivity contribution is 7.89. The molecule has 8 nitrogen and oxygen atoms in total. The molecular formula is C13H20N6O2S. The molecule has 3 heterocycles. The summed E-state index contributed by atoms with van der Waals surface area (Å²) in [4.78, 5) is 5.87. The third-order valence-corrected chi connectivity index (χ3v) is 5.86. The number of piperidine rings is 1. The van der Waals surface area contributed by atoms with E-state index in [-0.39, 0.29) is 11.1 Å². The van der Waals surface area contributed by atoms with Gasteiger partial charge in [-0.2, -0.15) is 19.3 Å². The number of aromatic nitrogens is 5. The topological polar surface area (TPSA) is 85.9 Å². The molecule has 0 N–H and O–H groups in total. The van der Waals surface area contributed by atoms with Crippen molar-refractivity contribution in [2.75, 3.05) is 13.1 Å². The van der Waals surface area contributed by atoms with E-state index in [0.29, 0.717) is 32.5 Å². The Morgan fingerprint density at radius 3 is 2.41 bits per heavy atom. The van der Waals surface area contributed by atoms with Crippen LogP contribution < -0.4 is 0 Å². The van der Waals surface area contributed by atoms with Crippen LogP contribution in [0.1, 0.15) is 31.6 Å². The highest BCUT2D eigenvalue weighted by Gasteiger charge is 2.32. The second-order valence-electron chi connectivity index (χ2n) is 5.40. The summed E-state index contributed by atoms with van der Waals surface area (Å²) < 4.78 is 28.7. The molecule has 0 amide bonds. The normalized spacial score (nSPS) is 17.9. The molecule has 0 spiro atoms. The Bertz CT molecular complexity index is 729. The van der Waals surface area contributed by atoms with E-state index in [2.05, 4.69) is 15.2 Å². The van der Waals surface area contributed by atoms with Gasteiger partial charge in [0.1, 0.15) is 5.82 Å². The van der Waals surface area contributed by atoms with E-state index < -0.39 is 10.0 Å². The van der Waals surface area contributed by atoms with Crippen molar-refractivity contribution in [3.8, 4) is 0 Å². The number of hydrogen-bond donors (Lipinski definition) is 0. The summed E-state index contributed by atoms with van der Waals surface area (Å²) in [7, 11) is -3.51. The van der Waals surface area contributed by atoms with Crippen LogP contribution in [-0.4, -0.2) is 50.4 Å². The lowest BCUT2D eigenvalue weighted by Crippen LogP contribution is -2.39. The average Bonchev–Trinajstić information content (AvgIpc) is 3.17. The van der Waals surface area contributed by atoms with Crippen LogP contribution in [0, 0.1) is 6.92 Å². The van der Waals surface area contributed by atoms with Gasteiger partial charge in [0.2, 0.25) is 0 Å². The standard InChI is InChI=1S/C13H20N6O2S/c1-3-17-10-13(16-11(17)2)22(20,21)18-8-4-12(5-9-18)19-14-6-7-15-19/h6-7,10,12H,3-5,8-9H2,1-2H3. The molecule has 1 aliphatic heterocycles. The Hall–Kier alpha value is -1.74. The molecule has 0 aliphatic carbocycles. The number of imidazole rings is 1. The molecule has 9 heteroatoms. The third kappa shape index (κ3) is 2.66. The number of hydrogen-bond acceptors (Lipinski definition) is 5. The van der Waals surface area contributed by atoms with Crippen LogP contribution in [-0.2, 0) is 16.6 Å². The monoisotopic (exact) mass is 324 g/mol. The van der Waals surface area contributed by atoms with Crippen molar-refractivity contribution < 1.29 is 8.42 Å². The number of aryl methyl sites for hydroxylation is 2. The van der Waals surface area contributed by atoms with Gasteiger partial charge in [0.25, 0.3) is 10.0 Å². The minimum absolute atomic E-state index is 0.141. The highest BCUT2D eigenvalue weighted by Crippen LogP contribution is 2.25. The Labute approximate surface area is 129 Å². The van der Waals surface area contributed by atoms with Crippen LogP contribution in [0.4, 0.5) is 0 Å². The Morgan fingerprint density at radius 2 is 1.86 bits per heavy atom. The van der Waals surface area contributed by atoms with Crippen LogP contribution in [0.3, 0.4) is 0 Å². The van der Waals surface area contributed by atoms with Gasteiger partial charge >= 0.3 is 0 Å². The Morgan fingerprint density at radius 1 is 1.23 bits per heavy atom. The molecule has 0 radical (unpaired) electrons. The molecule has 3 rings (SSSR count). The second kappa shape index (κ2) is 5.81. The molecule has 1 fully saturated rings. The minimum atomic E-state index is -3.51. The van der Waals surface area contributed by atoms with Crippen molar-refractivity contribution in [3.05, 3.63) is 24.4 Å². The van der Waals surface area contributed by atoms with Gasteiger partial charge in [-0.1, -0.05) is 0 Å². The van der Waals surface area contributed by atoms with Crippen LogP contribution in [0.2, 0.25) is 0 Å². The molecular weight excluding hydrogens is 304 g/mol. The third-order valence-electron chi connectivity index (χ3n) is 4.09. The summed E-state index contributed by atoms with van der Waals surface area (Å²) in [5.74, 6) is 0.719. The quantitative estimate of drug-likeness (QED) is 0.831. The summed E-state index contributed by atoms with van der Waals surface area (Å²) in [5, 5.41) is 8.41. The average molecular weight is 324 g/mol. The zero-order valence-electron chi connectivity index (χ0n) is 12.8. The fourth-order valence-electron chi connectivity index (χ4n) is 2.78. The number of sulfonamides is 1. The maximum Gasteiger partial charge on any atom is 0.262 e. The van der Waals surface area contributed by atoms with Gasteiger partial charge < -0.3 is 4.57 Å². The van der Waals surface area contributed by atoms with Crippen LogP contribution in [0.25, 0.3) is 0 Å². The van der Waals surface area contributed by atoms with Gasteiger partial charge in [0, 0.05) is 25.8 Å². The number of nitrogens with zero attached hydrogens (tertiary/aromatic N) is 6. The maximum absolute atomic E-state index is 12.7. The molecule has 22 heavy (non-hydrogen) atoms. The lowest BCUT2D eigenvalue weighted by molar-refractivity contribution is 0.244. The first kappa shape index (κ1) is 15.2. The first-order chi connectivity index (χ1) is 10.5. The van der Waals surface area contributed by atoms with Gasteiger partial charge in [-0.15, -0.1) is 0 Å². The molecule has 0 bridgehead atoms. The molecule has 0 unspecified atom stereocenters. The maximum atomic E-state index is 12.7. The van der Waals surface area contributed by atoms with Crippen LogP contribution in [0.15, 0.2) is 23.6 Å². The molecule has 1 aliphatic rings. The van der Waals surface area contributed by atoms with Crippen molar-refractivity contribution in [1.82, 2.24) is 28.9 Å². The fourth-order valence-corrected chi connectivity index (χ4v) is 4.25. The molecule has 0 aromatic carbocycles. The summed E-state index contributed by atoms with van der Waals surface area (Å²) in [5.41, 5.74) is 0. The van der Waals surface area contributed by atoms with Crippen LogP contribution in [0.5, 0.6) is 0 Å². The largest absolute Gasteiger partial charge is 0.334 e. The van der Waals surface area contributed by atoms with E-state index in [9.17, 15) is 8.42 Å². The smallest absolute Gasteiger partial charge is 0.262 e. The van der Waals surface area contributed by atoms with Gasteiger partial charge in [-0.05, 0) is 26.7 Å². The minimum Gasteiger partial charge on any atom is -0.334 e. The van der Waals surface area contributed by atoms with Crippen molar-refractivity contribution in [3.63, 3.8) is 0 Å². The molecule has 0 atom stereocenters. The van der Waals surface area contributed by atoms with E-state index in [1.54, 1.807) is 23.4 Å². The Kier molecular flexibility index (Phi) is 4.00. The van der Waals surface area contributed by atoms with Crippen molar-refractivity contribution in [2.45, 2.75) is 44.3 Å². The van der Waals surface area contributed by atoms with Gasteiger partial charge in [-0.25, -0.2) is 13.4 Å². The van der Waals surface area contributed by atoms with E-state index in [0.717, 1.165) is 5.82 Å². The van der Waals surface area contributed by atoms with Crippen molar-refractivity contribution >= 4 is 10.0 Å². The predicted octanol–water partition coefficient (Wildman–Crippen LogP) is 0.829. The SMILES string of the molecule is CCn1cc(S(=O)(=O)N2CCC(n3nccn3)CC2)nc1C. The molecule has 120 valence electrons. The van der Waals surface area contributed by atoms with Gasteiger partial charge in [0.05, 0.1) is 18.4 Å². The van der Waals surface area contributed by atoms with E-state index in [4.69, 9.17) is 0 Å². The van der Waals surface area contributed by atoms with E-state index in [1.807, 2.05) is 18.4 Å². The van der Waals surface area contributed by atoms with Crippen molar-refractivity contribution in [1.29, 1.82) is 0 Å². The highest BCUT2D eigenvalue weighted by atomic mass is 32.2. The van der Waals surface area contributed by atoms with E-state index in [1.165, 1.54) is 4.31 Å². The summed E-state index contributed by atoms with van der Waals surface area (Å²) in [6.45, 7) is 5.42. The second-order valence-corrected chi connectivity index (χ2v) is 7.28. The zero-order valence-corrected chi connectivity index (χ0v) is 13.6. The molecule has 2 aromatic heterocycles. The first-order valence-corrected chi connectivity index (χ1v) is 8.86. The van der Waals surface area contributed by atoms with Crippen molar-refractivity contribution in [2.24, 2.45) is 0 Å². The van der Waals surface area contributed by atoms with E-state index >= 15 is 0 Å².